The van der Waals surface area contributed by atoms with E-state index >= 15 is 0 Å². The third kappa shape index (κ3) is 6.96. The molecule has 1 aromatic carbocycles. The standard InChI is InChI=1S/C17H21N7O4/c1-17(2,3)28-16(26)19-10-13(25)20-12(9-11-7-5-4-6-8-11)14-21-22-15(27-14)23-24-18/h4-8,12H,9-10H2,1-3H3,(H,19,26)(H,20,25)/t12-/m0/s1. The number of carbonyl (C=O) groups is 2. The summed E-state index contributed by atoms with van der Waals surface area (Å²) in [5.41, 5.74) is 8.70. The Balaban J connectivity index is 2.05. The van der Waals surface area contributed by atoms with Gasteiger partial charge in [0.2, 0.25) is 11.8 Å². The van der Waals surface area contributed by atoms with Gasteiger partial charge >= 0.3 is 12.1 Å². The molecular formula is C17H21N7O4. The van der Waals surface area contributed by atoms with E-state index in [0.717, 1.165) is 5.56 Å². The first-order valence-corrected chi connectivity index (χ1v) is 8.45. The smallest absolute Gasteiger partial charge is 0.408 e. The van der Waals surface area contributed by atoms with Crippen molar-refractivity contribution >= 4 is 18.0 Å². The lowest BCUT2D eigenvalue weighted by Gasteiger charge is -2.20. The van der Waals surface area contributed by atoms with Gasteiger partial charge in [-0.15, -0.1) is 10.2 Å². The molecule has 1 atom stereocenters. The Morgan fingerprint density at radius 3 is 2.64 bits per heavy atom. The highest BCUT2D eigenvalue weighted by molar-refractivity contribution is 5.82. The summed E-state index contributed by atoms with van der Waals surface area (Å²) in [4.78, 5) is 26.5. The summed E-state index contributed by atoms with van der Waals surface area (Å²) in [7, 11) is 0. The van der Waals surface area contributed by atoms with E-state index in [9.17, 15) is 9.59 Å². The fourth-order valence-corrected chi connectivity index (χ4v) is 2.21. The van der Waals surface area contributed by atoms with Crippen molar-refractivity contribution in [1.82, 2.24) is 20.8 Å². The van der Waals surface area contributed by atoms with Gasteiger partial charge in [-0.25, -0.2) is 4.79 Å². The number of benzene rings is 1. The van der Waals surface area contributed by atoms with Crippen LogP contribution in [0.15, 0.2) is 39.9 Å². The molecule has 0 saturated carbocycles. The molecule has 0 saturated heterocycles. The molecule has 0 aliphatic carbocycles. The largest absolute Gasteiger partial charge is 0.444 e. The van der Waals surface area contributed by atoms with Crippen molar-refractivity contribution < 1.29 is 18.7 Å². The van der Waals surface area contributed by atoms with Crippen molar-refractivity contribution in [1.29, 1.82) is 0 Å². The van der Waals surface area contributed by atoms with Gasteiger partial charge in [0, 0.05) is 16.4 Å². The number of carbonyl (C=O) groups excluding carboxylic acids is 2. The number of ether oxygens (including phenoxy) is 1. The Labute approximate surface area is 161 Å². The Morgan fingerprint density at radius 2 is 2.00 bits per heavy atom. The van der Waals surface area contributed by atoms with Crippen LogP contribution >= 0.6 is 0 Å². The summed E-state index contributed by atoms with van der Waals surface area (Å²) >= 11 is 0. The van der Waals surface area contributed by atoms with Crippen molar-refractivity contribution in [2.24, 2.45) is 5.11 Å². The number of azide groups is 1. The van der Waals surface area contributed by atoms with Gasteiger partial charge in [-0.3, -0.25) is 4.79 Å². The highest BCUT2D eigenvalue weighted by Gasteiger charge is 2.22. The minimum Gasteiger partial charge on any atom is -0.444 e. The molecule has 0 spiro atoms. The number of nitrogens with one attached hydrogen (secondary N) is 2. The van der Waals surface area contributed by atoms with E-state index < -0.39 is 23.6 Å². The lowest BCUT2D eigenvalue weighted by molar-refractivity contribution is -0.121. The van der Waals surface area contributed by atoms with Gasteiger partial charge in [-0.2, -0.15) is 0 Å². The van der Waals surface area contributed by atoms with E-state index in [2.05, 4.69) is 30.9 Å². The molecule has 1 aromatic heterocycles. The molecule has 28 heavy (non-hydrogen) atoms. The predicted molar refractivity (Wildman–Crippen MR) is 98.4 cm³/mol. The molecule has 0 fully saturated rings. The molecule has 2 rings (SSSR count). The number of hydrogen-bond donors (Lipinski definition) is 2. The number of nitrogens with zero attached hydrogens (tertiary/aromatic N) is 5. The van der Waals surface area contributed by atoms with Crippen LogP contribution in [0.1, 0.15) is 38.3 Å². The summed E-state index contributed by atoms with van der Waals surface area (Å²) < 4.78 is 10.4. The Kier molecular flexibility index (Phi) is 6.94. The highest BCUT2D eigenvalue weighted by Crippen LogP contribution is 2.20. The van der Waals surface area contributed by atoms with Crippen LogP contribution in [-0.4, -0.2) is 34.3 Å². The zero-order chi connectivity index (χ0) is 20.6. The average molecular weight is 387 g/mol. The van der Waals surface area contributed by atoms with Crippen molar-refractivity contribution in [2.75, 3.05) is 6.54 Å². The number of rotatable bonds is 7. The zero-order valence-electron chi connectivity index (χ0n) is 15.7. The van der Waals surface area contributed by atoms with Crippen LogP contribution < -0.4 is 10.6 Å². The second-order valence-electron chi connectivity index (χ2n) is 6.78. The quantitative estimate of drug-likeness (QED) is 0.423. The zero-order valence-corrected chi connectivity index (χ0v) is 15.7. The first-order chi connectivity index (χ1) is 13.3. The second-order valence-corrected chi connectivity index (χ2v) is 6.78. The number of amides is 2. The molecule has 0 aliphatic heterocycles. The molecule has 2 aromatic rings. The molecule has 0 aliphatic rings. The van der Waals surface area contributed by atoms with Crippen LogP contribution in [0.5, 0.6) is 0 Å². The molecule has 148 valence electrons. The molecule has 2 N–H and O–H groups in total. The van der Waals surface area contributed by atoms with Crippen molar-refractivity contribution in [2.45, 2.75) is 38.8 Å². The van der Waals surface area contributed by atoms with Crippen LogP contribution in [0.4, 0.5) is 10.8 Å². The van der Waals surface area contributed by atoms with E-state index in [4.69, 9.17) is 14.7 Å². The second kappa shape index (κ2) is 9.38. The number of alkyl carbamates (subject to hydrolysis) is 1. The van der Waals surface area contributed by atoms with Crippen LogP contribution in [-0.2, 0) is 16.0 Å². The molecular weight excluding hydrogens is 366 g/mol. The summed E-state index contributed by atoms with van der Waals surface area (Å²) in [6.45, 7) is 4.87. The molecule has 0 bridgehead atoms. The lowest BCUT2D eigenvalue weighted by atomic mass is 10.1. The third-order valence-corrected chi connectivity index (χ3v) is 3.27. The Bertz CT molecular complexity index is 854. The van der Waals surface area contributed by atoms with E-state index in [1.54, 1.807) is 20.8 Å². The Hall–Kier alpha value is -3.59. The van der Waals surface area contributed by atoms with Crippen LogP contribution in [0.25, 0.3) is 10.4 Å². The maximum atomic E-state index is 12.3. The normalized spacial score (nSPS) is 11.8. The minimum atomic E-state index is -0.703. The molecule has 1 heterocycles. The predicted octanol–water partition coefficient (Wildman–Crippen LogP) is 2.94. The third-order valence-electron chi connectivity index (χ3n) is 3.27. The first-order valence-electron chi connectivity index (χ1n) is 8.45. The molecule has 11 nitrogen and oxygen atoms in total. The number of aromatic nitrogens is 2. The van der Waals surface area contributed by atoms with E-state index in [1.807, 2.05) is 30.3 Å². The molecule has 0 unspecified atom stereocenters. The lowest BCUT2D eigenvalue weighted by Crippen LogP contribution is -2.41. The van der Waals surface area contributed by atoms with Gasteiger partial charge in [0.25, 0.3) is 0 Å². The van der Waals surface area contributed by atoms with Gasteiger partial charge in [-0.1, -0.05) is 30.3 Å². The van der Waals surface area contributed by atoms with E-state index in [0.29, 0.717) is 6.42 Å². The van der Waals surface area contributed by atoms with E-state index in [1.165, 1.54) is 0 Å². The fourth-order valence-electron chi connectivity index (χ4n) is 2.21. The van der Waals surface area contributed by atoms with Crippen molar-refractivity contribution in [3.05, 3.63) is 52.2 Å². The average Bonchev–Trinajstić information content (AvgIpc) is 3.08. The van der Waals surface area contributed by atoms with Crippen molar-refractivity contribution in [3.8, 4) is 0 Å². The van der Waals surface area contributed by atoms with Gasteiger partial charge in [0.1, 0.15) is 18.2 Å². The maximum absolute atomic E-state index is 12.3. The summed E-state index contributed by atoms with van der Waals surface area (Å²) in [6, 6.07) is 8.41. The van der Waals surface area contributed by atoms with Crippen LogP contribution in [0, 0.1) is 0 Å². The van der Waals surface area contributed by atoms with E-state index in [-0.39, 0.29) is 18.5 Å². The fraction of sp³-hybridized carbons (Fsp3) is 0.412. The molecule has 11 heteroatoms. The van der Waals surface area contributed by atoms with Gasteiger partial charge in [0.15, 0.2) is 0 Å². The summed E-state index contributed by atoms with van der Waals surface area (Å²) in [5, 5.41) is 15.8. The molecule has 2 amide bonds. The Morgan fingerprint density at radius 1 is 1.29 bits per heavy atom. The monoisotopic (exact) mass is 387 g/mol. The minimum absolute atomic E-state index is 0.0804. The maximum Gasteiger partial charge on any atom is 0.408 e. The SMILES string of the molecule is CC(C)(C)OC(=O)NCC(=O)N[C@@H](Cc1ccccc1)c1nnc(N=[N+]=[N-])o1. The number of hydrogen-bond acceptors (Lipinski definition) is 7. The van der Waals surface area contributed by atoms with Crippen molar-refractivity contribution in [3.63, 3.8) is 0 Å². The van der Waals surface area contributed by atoms with Gasteiger partial charge in [-0.05, 0) is 31.9 Å². The highest BCUT2D eigenvalue weighted by atomic mass is 16.6. The van der Waals surface area contributed by atoms with Gasteiger partial charge < -0.3 is 19.8 Å². The van der Waals surface area contributed by atoms with Gasteiger partial charge in [0.05, 0.1) is 0 Å². The summed E-state index contributed by atoms with van der Waals surface area (Å²) in [5.74, 6) is -0.396. The van der Waals surface area contributed by atoms with Crippen LogP contribution in [0.3, 0.4) is 0 Å². The van der Waals surface area contributed by atoms with Crippen LogP contribution in [0.2, 0.25) is 0 Å². The first kappa shape index (κ1) is 20.7. The summed E-state index contributed by atoms with van der Waals surface area (Å²) in [6.07, 6.45) is -0.345. The molecule has 0 radical (unpaired) electrons. The topological polar surface area (TPSA) is 155 Å².